The molecule has 2 rings (SSSR count). The van der Waals surface area contributed by atoms with Crippen molar-refractivity contribution in [3.8, 4) is 11.5 Å². The normalized spacial score (nSPS) is 9.91. The van der Waals surface area contributed by atoms with Crippen LogP contribution in [0.4, 0.5) is 0 Å². The number of benzene rings is 2. The van der Waals surface area contributed by atoms with E-state index in [0.29, 0.717) is 11.5 Å². The van der Waals surface area contributed by atoms with Crippen molar-refractivity contribution in [2.24, 2.45) is 0 Å². The van der Waals surface area contributed by atoms with Gasteiger partial charge in [0.25, 0.3) is 0 Å². The highest BCUT2D eigenvalue weighted by atomic mass is 16.5. The van der Waals surface area contributed by atoms with Crippen molar-refractivity contribution in [1.82, 2.24) is 0 Å². The first-order valence-corrected chi connectivity index (χ1v) is 6.53. The highest BCUT2D eigenvalue weighted by molar-refractivity contribution is 6.70. The zero-order valence-corrected chi connectivity index (χ0v) is 12.3. The predicted molar refractivity (Wildman–Crippen MR) is 82.4 cm³/mol. The van der Waals surface area contributed by atoms with E-state index in [4.69, 9.17) is 14.9 Å². The summed E-state index contributed by atoms with van der Waals surface area (Å²) in [6, 6.07) is 12.5. The Morgan fingerprint density at radius 2 is 1.05 bits per heavy atom. The van der Waals surface area contributed by atoms with Crippen molar-refractivity contribution in [2.75, 3.05) is 14.2 Å². The Kier molecular flexibility index (Phi) is 4.68. The number of rotatable bonds is 6. The lowest BCUT2D eigenvalue weighted by Gasteiger charge is -2.05. The molecule has 0 bridgehead atoms. The molecule has 0 saturated carbocycles. The SMILES string of the molecule is COc1ccc(C(=O)C(=N)C(=O)c2ccc(OC)cc2)cc1. The fourth-order valence-electron chi connectivity index (χ4n) is 1.88. The van der Waals surface area contributed by atoms with Gasteiger partial charge in [0, 0.05) is 11.1 Å². The van der Waals surface area contributed by atoms with Gasteiger partial charge < -0.3 is 9.47 Å². The van der Waals surface area contributed by atoms with Gasteiger partial charge >= 0.3 is 0 Å². The summed E-state index contributed by atoms with van der Waals surface area (Å²) in [5, 5.41) is 7.81. The second-order valence-electron chi connectivity index (χ2n) is 4.49. The minimum absolute atomic E-state index is 0.271. The Labute approximate surface area is 128 Å². The first kappa shape index (κ1) is 15.4. The lowest BCUT2D eigenvalue weighted by atomic mass is 9.99. The van der Waals surface area contributed by atoms with E-state index in [2.05, 4.69) is 0 Å². The molecule has 0 aliphatic rings. The molecule has 0 aliphatic heterocycles. The Morgan fingerprint density at radius 1 is 0.727 bits per heavy atom. The molecule has 0 aromatic heterocycles. The zero-order valence-electron chi connectivity index (χ0n) is 12.3. The Hall–Kier alpha value is -2.95. The third-order valence-corrected chi connectivity index (χ3v) is 3.16. The molecule has 0 unspecified atom stereocenters. The highest BCUT2D eigenvalue weighted by Crippen LogP contribution is 2.15. The predicted octanol–water partition coefficient (Wildman–Crippen LogP) is 2.79. The first-order chi connectivity index (χ1) is 10.6. The average molecular weight is 297 g/mol. The van der Waals surface area contributed by atoms with Crippen LogP contribution >= 0.6 is 0 Å². The number of nitrogens with one attached hydrogen (secondary N) is 1. The van der Waals surface area contributed by atoms with E-state index in [1.807, 2.05) is 0 Å². The van der Waals surface area contributed by atoms with Gasteiger partial charge in [-0.25, -0.2) is 0 Å². The molecule has 2 aromatic carbocycles. The largest absolute Gasteiger partial charge is 0.497 e. The van der Waals surface area contributed by atoms with Gasteiger partial charge in [0.1, 0.15) is 11.5 Å². The van der Waals surface area contributed by atoms with E-state index in [-0.39, 0.29) is 11.1 Å². The summed E-state index contributed by atoms with van der Waals surface area (Å²) < 4.78 is 10.0. The molecule has 0 amide bonds. The third-order valence-electron chi connectivity index (χ3n) is 3.16. The molecule has 5 nitrogen and oxygen atoms in total. The van der Waals surface area contributed by atoms with Gasteiger partial charge in [0.2, 0.25) is 11.6 Å². The minimum atomic E-state index is -0.622. The standard InChI is InChI=1S/C17H15NO4/c1-21-13-7-3-11(4-8-13)16(19)15(18)17(20)12-5-9-14(22-2)10-6-12/h3-10,18H,1-2H3. The average Bonchev–Trinajstić information content (AvgIpc) is 2.60. The number of carbonyl (C=O) groups excluding carboxylic acids is 2. The van der Waals surface area contributed by atoms with Crippen LogP contribution in [0.2, 0.25) is 0 Å². The maximum absolute atomic E-state index is 12.2. The van der Waals surface area contributed by atoms with E-state index < -0.39 is 17.3 Å². The number of carbonyl (C=O) groups is 2. The summed E-state index contributed by atoms with van der Waals surface area (Å²) in [6.45, 7) is 0. The maximum Gasteiger partial charge on any atom is 0.214 e. The van der Waals surface area contributed by atoms with E-state index >= 15 is 0 Å². The van der Waals surface area contributed by atoms with Gasteiger partial charge in [-0.05, 0) is 48.5 Å². The molecule has 0 atom stereocenters. The van der Waals surface area contributed by atoms with Gasteiger partial charge in [-0.1, -0.05) is 0 Å². The summed E-state index contributed by atoms with van der Waals surface area (Å²) in [6.07, 6.45) is 0. The molecule has 112 valence electrons. The monoisotopic (exact) mass is 297 g/mol. The van der Waals surface area contributed by atoms with Gasteiger partial charge in [-0.15, -0.1) is 0 Å². The minimum Gasteiger partial charge on any atom is -0.497 e. The topological polar surface area (TPSA) is 76.5 Å². The van der Waals surface area contributed by atoms with Crippen molar-refractivity contribution in [1.29, 1.82) is 5.41 Å². The van der Waals surface area contributed by atoms with Crippen molar-refractivity contribution in [2.45, 2.75) is 0 Å². The number of ketones is 2. The summed E-state index contributed by atoms with van der Waals surface area (Å²) >= 11 is 0. The number of hydrogen-bond donors (Lipinski definition) is 1. The molecule has 0 saturated heterocycles. The van der Waals surface area contributed by atoms with Crippen LogP contribution in [0.1, 0.15) is 20.7 Å². The molecule has 0 aliphatic carbocycles. The van der Waals surface area contributed by atoms with Crippen LogP contribution in [0.15, 0.2) is 48.5 Å². The lowest BCUT2D eigenvalue weighted by molar-refractivity contribution is 0.101. The summed E-state index contributed by atoms with van der Waals surface area (Å²) in [5.41, 5.74) is -0.0318. The molecule has 2 aromatic rings. The fraction of sp³-hybridized carbons (Fsp3) is 0.118. The van der Waals surface area contributed by atoms with Crippen LogP contribution in [0.3, 0.4) is 0 Å². The van der Waals surface area contributed by atoms with Crippen LogP contribution < -0.4 is 9.47 Å². The second-order valence-corrected chi connectivity index (χ2v) is 4.49. The summed E-state index contributed by atoms with van der Waals surface area (Å²) in [4.78, 5) is 24.3. The fourth-order valence-corrected chi connectivity index (χ4v) is 1.88. The molecule has 0 heterocycles. The van der Waals surface area contributed by atoms with Crippen LogP contribution in [-0.2, 0) is 0 Å². The quantitative estimate of drug-likeness (QED) is 0.505. The van der Waals surface area contributed by atoms with Gasteiger partial charge in [-0.3, -0.25) is 15.0 Å². The lowest BCUT2D eigenvalue weighted by Crippen LogP contribution is -2.23. The van der Waals surface area contributed by atoms with Crippen molar-refractivity contribution >= 4 is 17.3 Å². The Morgan fingerprint density at radius 3 is 1.32 bits per heavy atom. The molecular weight excluding hydrogens is 282 g/mol. The van der Waals surface area contributed by atoms with Crippen LogP contribution in [0.5, 0.6) is 11.5 Å². The molecule has 0 radical (unpaired) electrons. The zero-order chi connectivity index (χ0) is 16.1. The van der Waals surface area contributed by atoms with Gasteiger partial charge in [0.05, 0.1) is 14.2 Å². The van der Waals surface area contributed by atoms with Crippen LogP contribution in [-0.4, -0.2) is 31.5 Å². The Bertz CT molecular complexity index is 641. The van der Waals surface area contributed by atoms with Gasteiger partial charge in [-0.2, -0.15) is 0 Å². The molecule has 0 spiro atoms. The number of Topliss-reactive ketones (excluding diaryl/α,β-unsaturated/α-hetero) is 2. The molecule has 22 heavy (non-hydrogen) atoms. The van der Waals surface area contributed by atoms with E-state index in [1.165, 1.54) is 38.5 Å². The third kappa shape index (κ3) is 3.20. The smallest absolute Gasteiger partial charge is 0.214 e. The van der Waals surface area contributed by atoms with Crippen molar-refractivity contribution < 1.29 is 19.1 Å². The Balaban J connectivity index is 2.17. The van der Waals surface area contributed by atoms with Gasteiger partial charge in [0.15, 0.2) is 5.71 Å². The van der Waals surface area contributed by atoms with Crippen LogP contribution in [0.25, 0.3) is 0 Å². The summed E-state index contributed by atoms with van der Waals surface area (Å²) in [5.74, 6) is -0.0407. The van der Waals surface area contributed by atoms with E-state index in [0.717, 1.165) is 0 Å². The second kappa shape index (κ2) is 6.67. The molecular formula is C17H15NO4. The number of hydrogen-bond acceptors (Lipinski definition) is 5. The molecule has 1 N–H and O–H groups in total. The first-order valence-electron chi connectivity index (χ1n) is 6.53. The van der Waals surface area contributed by atoms with E-state index in [1.54, 1.807) is 24.3 Å². The maximum atomic E-state index is 12.2. The summed E-state index contributed by atoms with van der Waals surface area (Å²) in [7, 11) is 3.04. The highest BCUT2D eigenvalue weighted by Gasteiger charge is 2.21. The van der Waals surface area contributed by atoms with Crippen molar-refractivity contribution in [3.05, 3.63) is 59.7 Å². The number of ether oxygens (including phenoxy) is 2. The number of methoxy groups -OCH3 is 2. The van der Waals surface area contributed by atoms with Crippen LogP contribution in [0, 0.1) is 5.41 Å². The molecule has 0 fully saturated rings. The van der Waals surface area contributed by atoms with Crippen molar-refractivity contribution in [3.63, 3.8) is 0 Å². The van der Waals surface area contributed by atoms with E-state index in [9.17, 15) is 9.59 Å². The molecule has 5 heteroatoms.